The summed E-state index contributed by atoms with van der Waals surface area (Å²) in [5, 5.41) is 0. The highest BCUT2D eigenvalue weighted by molar-refractivity contribution is 5.97. The van der Waals surface area contributed by atoms with Crippen molar-refractivity contribution >= 4 is 11.6 Å². The third-order valence-corrected chi connectivity index (χ3v) is 3.28. The fourth-order valence-electron chi connectivity index (χ4n) is 1.68. The zero-order valence-corrected chi connectivity index (χ0v) is 10.8. The fourth-order valence-corrected chi connectivity index (χ4v) is 1.68. The summed E-state index contributed by atoms with van der Waals surface area (Å²) in [6.45, 7) is 6.87. The first-order valence-electron chi connectivity index (χ1n) is 6.01. The van der Waals surface area contributed by atoms with Gasteiger partial charge in [-0.05, 0) is 32.4 Å². The standard InChI is InChI=1S/C13H21N3O/c1-4-13(3,10-14)12(17)16(5-2)11-6-8-15-9-7-11/h6-9H,4-5,10,14H2,1-3H3. The van der Waals surface area contributed by atoms with Crippen LogP contribution in [0.2, 0.25) is 0 Å². The molecule has 0 spiro atoms. The van der Waals surface area contributed by atoms with Gasteiger partial charge in [-0.2, -0.15) is 0 Å². The van der Waals surface area contributed by atoms with Gasteiger partial charge in [-0.1, -0.05) is 6.92 Å². The van der Waals surface area contributed by atoms with E-state index in [-0.39, 0.29) is 5.91 Å². The van der Waals surface area contributed by atoms with Crippen LogP contribution in [0.3, 0.4) is 0 Å². The van der Waals surface area contributed by atoms with Crippen LogP contribution in [0.25, 0.3) is 0 Å². The van der Waals surface area contributed by atoms with E-state index in [0.29, 0.717) is 13.1 Å². The lowest BCUT2D eigenvalue weighted by Crippen LogP contribution is -2.46. The van der Waals surface area contributed by atoms with Gasteiger partial charge >= 0.3 is 0 Å². The molecule has 1 heterocycles. The summed E-state index contributed by atoms with van der Waals surface area (Å²) in [6.07, 6.45) is 4.12. The molecule has 1 amide bonds. The number of nitrogens with two attached hydrogens (primary N) is 1. The Morgan fingerprint density at radius 1 is 1.41 bits per heavy atom. The molecule has 1 aromatic heterocycles. The maximum atomic E-state index is 12.5. The first-order chi connectivity index (χ1) is 8.09. The van der Waals surface area contributed by atoms with Gasteiger partial charge in [0, 0.05) is 31.2 Å². The second kappa shape index (κ2) is 5.77. The van der Waals surface area contributed by atoms with Crippen molar-refractivity contribution in [1.29, 1.82) is 0 Å². The number of hydrogen-bond acceptors (Lipinski definition) is 3. The molecule has 4 nitrogen and oxygen atoms in total. The van der Waals surface area contributed by atoms with E-state index in [1.54, 1.807) is 17.3 Å². The minimum Gasteiger partial charge on any atom is -0.329 e. The molecule has 0 bridgehead atoms. The summed E-state index contributed by atoms with van der Waals surface area (Å²) in [7, 11) is 0. The Morgan fingerprint density at radius 2 is 2.00 bits per heavy atom. The first-order valence-corrected chi connectivity index (χ1v) is 6.01. The van der Waals surface area contributed by atoms with Crippen LogP contribution >= 0.6 is 0 Å². The fraction of sp³-hybridized carbons (Fsp3) is 0.538. The zero-order chi connectivity index (χ0) is 12.9. The summed E-state index contributed by atoms with van der Waals surface area (Å²) in [4.78, 5) is 18.2. The van der Waals surface area contributed by atoms with E-state index in [4.69, 9.17) is 5.73 Å². The van der Waals surface area contributed by atoms with Gasteiger partial charge in [0.05, 0.1) is 5.41 Å². The van der Waals surface area contributed by atoms with E-state index in [2.05, 4.69) is 4.98 Å². The molecule has 0 aromatic carbocycles. The molecule has 0 fully saturated rings. The van der Waals surface area contributed by atoms with Crippen molar-refractivity contribution in [3.63, 3.8) is 0 Å². The topological polar surface area (TPSA) is 59.2 Å². The van der Waals surface area contributed by atoms with E-state index >= 15 is 0 Å². The lowest BCUT2D eigenvalue weighted by Gasteiger charge is -2.32. The van der Waals surface area contributed by atoms with Crippen molar-refractivity contribution in [3.05, 3.63) is 24.5 Å². The molecular formula is C13H21N3O. The van der Waals surface area contributed by atoms with Crippen molar-refractivity contribution in [2.45, 2.75) is 27.2 Å². The number of nitrogens with zero attached hydrogens (tertiary/aromatic N) is 2. The third-order valence-electron chi connectivity index (χ3n) is 3.28. The van der Waals surface area contributed by atoms with Gasteiger partial charge < -0.3 is 10.6 Å². The molecule has 0 saturated heterocycles. The molecule has 0 aliphatic rings. The lowest BCUT2D eigenvalue weighted by molar-refractivity contribution is -0.127. The van der Waals surface area contributed by atoms with Crippen molar-refractivity contribution < 1.29 is 4.79 Å². The summed E-state index contributed by atoms with van der Waals surface area (Å²) >= 11 is 0. The molecular weight excluding hydrogens is 214 g/mol. The molecule has 0 radical (unpaired) electrons. The van der Waals surface area contributed by atoms with Gasteiger partial charge in [-0.15, -0.1) is 0 Å². The molecule has 1 unspecified atom stereocenters. The number of carbonyl (C=O) groups is 1. The summed E-state index contributed by atoms with van der Waals surface area (Å²) in [6, 6.07) is 3.68. The maximum absolute atomic E-state index is 12.5. The maximum Gasteiger partial charge on any atom is 0.234 e. The lowest BCUT2D eigenvalue weighted by atomic mass is 9.86. The second-order valence-corrected chi connectivity index (χ2v) is 4.37. The Bertz CT molecular complexity index is 360. The predicted octanol–water partition coefficient (Wildman–Crippen LogP) is 1.81. The van der Waals surface area contributed by atoms with Crippen LogP contribution in [-0.2, 0) is 4.79 Å². The number of aromatic nitrogens is 1. The highest BCUT2D eigenvalue weighted by atomic mass is 16.2. The smallest absolute Gasteiger partial charge is 0.234 e. The van der Waals surface area contributed by atoms with Crippen LogP contribution in [-0.4, -0.2) is 24.0 Å². The van der Waals surface area contributed by atoms with Gasteiger partial charge in [-0.25, -0.2) is 0 Å². The van der Waals surface area contributed by atoms with Crippen LogP contribution in [0.15, 0.2) is 24.5 Å². The van der Waals surface area contributed by atoms with E-state index in [0.717, 1.165) is 12.1 Å². The van der Waals surface area contributed by atoms with E-state index < -0.39 is 5.41 Å². The Balaban J connectivity index is 3.00. The Labute approximate surface area is 103 Å². The molecule has 94 valence electrons. The number of hydrogen-bond donors (Lipinski definition) is 1. The molecule has 4 heteroatoms. The van der Waals surface area contributed by atoms with Crippen LogP contribution in [0, 0.1) is 5.41 Å². The third kappa shape index (κ3) is 2.82. The number of carbonyl (C=O) groups excluding carboxylic acids is 1. The van der Waals surface area contributed by atoms with Crippen molar-refractivity contribution in [1.82, 2.24) is 4.98 Å². The normalized spacial score (nSPS) is 14.1. The molecule has 0 aliphatic carbocycles. The Kier molecular flexibility index (Phi) is 4.63. The van der Waals surface area contributed by atoms with Crippen molar-refractivity contribution in [2.75, 3.05) is 18.0 Å². The zero-order valence-electron chi connectivity index (χ0n) is 10.8. The first kappa shape index (κ1) is 13.6. The quantitative estimate of drug-likeness (QED) is 0.846. The highest BCUT2D eigenvalue weighted by Gasteiger charge is 2.33. The molecule has 0 aliphatic heterocycles. The second-order valence-electron chi connectivity index (χ2n) is 4.37. The number of amides is 1. The van der Waals surface area contributed by atoms with Gasteiger partial charge in [-0.3, -0.25) is 9.78 Å². The SMILES string of the molecule is CCN(C(=O)C(C)(CC)CN)c1ccncc1. The minimum absolute atomic E-state index is 0.0798. The van der Waals surface area contributed by atoms with Gasteiger partial charge in [0.15, 0.2) is 0 Å². The average Bonchev–Trinajstić information content (AvgIpc) is 2.39. The summed E-state index contributed by atoms with van der Waals surface area (Å²) in [5.74, 6) is 0.0798. The van der Waals surface area contributed by atoms with Crippen molar-refractivity contribution in [2.24, 2.45) is 11.1 Å². The van der Waals surface area contributed by atoms with Crippen LogP contribution < -0.4 is 10.6 Å². The average molecular weight is 235 g/mol. The molecule has 17 heavy (non-hydrogen) atoms. The number of rotatable bonds is 5. The summed E-state index contributed by atoms with van der Waals surface area (Å²) < 4.78 is 0. The van der Waals surface area contributed by atoms with Crippen LogP contribution in [0.5, 0.6) is 0 Å². The van der Waals surface area contributed by atoms with E-state index in [1.165, 1.54) is 0 Å². The highest BCUT2D eigenvalue weighted by Crippen LogP contribution is 2.25. The van der Waals surface area contributed by atoms with Crippen molar-refractivity contribution in [3.8, 4) is 0 Å². The Hall–Kier alpha value is -1.42. The molecule has 1 atom stereocenters. The number of pyridine rings is 1. The predicted molar refractivity (Wildman–Crippen MR) is 69.7 cm³/mol. The van der Waals surface area contributed by atoms with Gasteiger partial charge in [0.2, 0.25) is 5.91 Å². The van der Waals surface area contributed by atoms with Crippen LogP contribution in [0.4, 0.5) is 5.69 Å². The minimum atomic E-state index is -0.487. The van der Waals surface area contributed by atoms with E-state index in [1.807, 2.05) is 32.9 Å². The molecule has 1 aromatic rings. The molecule has 0 saturated carbocycles. The molecule has 2 N–H and O–H groups in total. The van der Waals surface area contributed by atoms with E-state index in [9.17, 15) is 4.79 Å². The monoisotopic (exact) mass is 235 g/mol. The Morgan fingerprint density at radius 3 is 2.41 bits per heavy atom. The number of anilines is 1. The molecule has 1 rings (SSSR count). The van der Waals surface area contributed by atoms with Gasteiger partial charge in [0.1, 0.15) is 0 Å². The van der Waals surface area contributed by atoms with Crippen LogP contribution in [0.1, 0.15) is 27.2 Å². The van der Waals surface area contributed by atoms with Gasteiger partial charge in [0.25, 0.3) is 0 Å². The summed E-state index contributed by atoms with van der Waals surface area (Å²) in [5.41, 5.74) is 6.12. The largest absolute Gasteiger partial charge is 0.329 e.